The maximum atomic E-state index is 3.68. The van der Waals surface area contributed by atoms with Gasteiger partial charge in [0.1, 0.15) is 0 Å². The first-order chi connectivity index (χ1) is 7.81. The summed E-state index contributed by atoms with van der Waals surface area (Å²) in [6.45, 7) is 8.05. The lowest BCUT2D eigenvalue weighted by molar-refractivity contribution is 0.353. The summed E-state index contributed by atoms with van der Waals surface area (Å²) in [7, 11) is 0. The van der Waals surface area contributed by atoms with Gasteiger partial charge in [0.05, 0.1) is 0 Å². The summed E-state index contributed by atoms with van der Waals surface area (Å²) in [5.74, 6) is 2.00. The molecule has 1 heteroatoms. The Morgan fingerprint density at radius 1 is 1.06 bits per heavy atom. The van der Waals surface area contributed by atoms with Crippen molar-refractivity contribution in [2.75, 3.05) is 6.54 Å². The van der Waals surface area contributed by atoms with Gasteiger partial charge in [0.15, 0.2) is 0 Å². The van der Waals surface area contributed by atoms with Gasteiger partial charge in [0.2, 0.25) is 0 Å². The van der Waals surface area contributed by atoms with Gasteiger partial charge in [-0.25, -0.2) is 0 Å². The van der Waals surface area contributed by atoms with Crippen LogP contribution in [0.2, 0.25) is 0 Å². The van der Waals surface area contributed by atoms with Crippen molar-refractivity contribution < 1.29 is 0 Å². The van der Waals surface area contributed by atoms with E-state index in [2.05, 4.69) is 26.1 Å². The minimum atomic E-state index is 0.834. The van der Waals surface area contributed by atoms with Crippen LogP contribution in [0.5, 0.6) is 0 Å². The average molecular weight is 225 g/mol. The molecule has 0 spiro atoms. The Bertz CT molecular complexity index is 163. The van der Waals surface area contributed by atoms with Crippen molar-refractivity contribution in [3.8, 4) is 0 Å². The van der Waals surface area contributed by atoms with Crippen LogP contribution in [-0.2, 0) is 0 Å². The van der Waals surface area contributed by atoms with Crippen LogP contribution in [0.4, 0.5) is 0 Å². The smallest absolute Gasteiger partial charge is 0.00953 e. The third-order valence-electron chi connectivity index (χ3n) is 4.09. The van der Waals surface area contributed by atoms with E-state index in [0.29, 0.717) is 0 Å². The third kappa shape index (κ3) is 5.34. The molecule has 1 aliphatic rings. The summed E-state index contributed by atoms with van der Waals surface area (Å²) in [5.41, 5.74) is 0. The van der Waals surface area contributed by atoms with Crippen molar-refractivity contribution in [1.29, 1.82) is 0 Å². The number of nitrogens with one attached hydrogen (secondary N) is 1. The van der Waals surface area contributed by atoms with Crippen LogP contribution in [0.3, 0.4) is 0 Å². The van der Waals surface area contributed by atoms with Crippen LogP contribution in [0.15, 0.2) is 0 Å². The highest BCUT2D eigenvalue weighted by molar-refractivity contribution is 4.86. The molecule has 1 saturated carbocycles. The number of hydrogen-bond donors (Lipinski definition) is 1. The molecule has 1 aliphatic carbocycles. The quantitative estimate of drug-likeness (QED) is 0.582. The van der Waals surface area contributed by atoms with Gasteiger partial charge in [-0.1, -0.05) is 46.5 Å². The highest BCUT2D eigenvalue weighted by Crippen LogP contribution is 2.35. The molecule has 1 N–H and O–H groups in total. The molecule has 96 valence electrons. The van der Waals surface area contributed by atoms with Gasteiger partial charge in [-0.3, -0.25) is 0 Å². The van der Waals surface area contributed by atoms with Gasteiger partial charge in [0, 0.05) is 6.04 Å². The van der Waals surface area contributed by atoms with Crippen molar-refractivity contribution in [2.24, 2.45) is 11.8 Å². The van der Waals surface area contributed by atoms with E-state index in [1.54, 1.807) is 0 Å². The Morgan fingerprint density at radius 3 is 2.31 bits per heavy atom. The molecule has 2 unspecified atom stereocenters. The normalized spacial score (nSPS) is 19.7. The predicted octanol–water partition coefficient (Wildman–Crippen LogP) is 4.37. The lowest BCUT2D eigenvalue weighted by Crippen LogP contribution is -2.31. The van der Waals surface area contributed by atoms with Crippen LogP contribution < -0.4 is 5.32 Å². The minimum Gasteiger partial charge on any atom is -0.314 e. The summed E-state index contributed by atoms with van der Waals surface area (Å²) >= 11 is 0. The Hall–Kier alpha value is -0.0400. The molecule has 0 aliphatic heterocycles. The molecule has 2 atom stereocenters. The van der Waals surface area contributed by atoms with Crippen LogP contribution in [0.25, 0.3) is 0 Å². The zero-order chi connectivity index (χ0) is 11.8. The van der Waals surface area contributed by atoms with E-state index in [0.717, 1.165) is 24.4 Å². The van der Waals surface area contributed by atoms with Gasteiger partial charge in [-0.15, -0.1) is 0 Å². The molecule has 0 aromatic carbocycles. The fourth-order valence-electron chi connectivity index (χ4n) is 2.73. The summed E-state index contributed by atoms with van der Waals surface area (Å²) in [5, 5.41) is 3.68. The van der Waals surface area contributed by atoms with E-state index in [-0.39, 0.29) is 0 Å². The van der Waals surface area contributed by atoms with E-state index in [1.807, 2.05) is 0 Å². The molecule has 0 amide bonds. The molecule has 1 rings (SSSR count). The van der Waals surface area contributed by atoms with E-state index in [1.165, 1.54) is 51.4 Å². The zero-order valence-corrected chi connectivity index (χ0v) is 11.6. The maximum absolute atomic E-state index is 3.68. The van der Waals surface area contributed by atoms with E-state index in [4.69, 9.17) is 0 Å². The molecule has 0 heterocycles. The Morgan fingerprint density at radius 2 is 1.81 bits per heavy atom. The first kappa shape index (κ1) is 14.0. The molecule has 0 aromatic heterocycles. The zero-order valence-electron chi connectivity index (χ0n) is 11.6. The fraction of sp³-hybridized carbons (Fsp3) is 1.00. The van der Waals surface area contributed by atoms with Crippen LogP contribution in [0, 0.1) is 11.8 Å². The standard InChI is InChI=1S/C15H31N/c1-4-7-8-13(5-2)9-12-15(16-6-3)14-10-11-14/h13-16H,4-12H2,1-3H3. The van der Waals surface area contributed by atoms with E-state index < -0.39 is 0 Å². The molecule has 0 aromatic rings. The second-order valence-electron chi connectivity index (χ2n) is 5.50. The Labute approximate surface area is 102 Å². The molecule has 0 saturated heterocycles. The number of rotatable bonds is 10. The summed E-state index contributed by atoms with van der Waals surface area (Å²) in [6, 6.07) is 0.834. The highest BCUT2D eigenvalue weighted by atomic mass is 14.9. The molecule has 1 fully saturated rings. The average Bonchev–Trinajstić information content (AvgIpc) is 3.11. The van der Waals surface area contributed by atoms with E-state index >= 15 is 0 Å². The lowest BCUT2D eigenvalue weighted by Gasteiger charge is -2.21. The topological polar surface area (TPSA) is 12.0 Å². The molecule has 1 nitrogen and oxygen atoms in total. The van der Waals surface area contributed by atoms with Gasteiger partial charge in [-0.05, 0) is 44.1 Å². The number of unbranched alkanes of at least 4 members (excludes halogenated alkanes) is 1. The largest absolute Gasteiger partial charge is 0.314 e. The Balaban J connectivity index is 2.17. The van der Waals surface area contributed by atoms with Crippen molar-refractivity contribution in [2.45, 2.75) is 78.2 Å². The van der Waals surface area contributed by atoms with Crippen molar-refractivity contribution in [1.82, 2.24) is 5.32 Å². The first-order valence-electron chi connectivity index (χ1n) is 7.55. The maximum Gasteiger partial charge on any atom is 0.00953 e. The molecule has 0 radical (unpaired) electrons. The van der Waals surface area contributed by atoms with Crippen LogP contribution >= 0.6 is 0 Å². The molecular weight excluding hydrogens is 194 g/mol. The third-order valence-corrected chi connectivity index (χ3v) is 4.09. The monoisotopic (exact) mass is 225 g/mol. The minimum absolute atomic E-state index is 0.834. The molecule has 0 bridgehead atoms. The van der Waals surface area contributed by atoms with Gasteiger partial charge in [-0.2, -0.15) is 0 Å². The van der Waals surface area contributed by atoms with Crippen molar-refractivity contribution >= 4 is 0 Å². The predicted molar refractivity (Wildman–Crippen MR) is 72.7 cm³/mol. The van der Waals surface area contributed by atoms with Gasteiger partial charge >= 0.3 is 0 Å². The van der Waals surface area contributed by atoms with Crippen molar-refractivity contribution in [3.63, 3.8) is 0 Å². The molecule has 16 heavy (non-hydrogen) atoms. The SMILES string of the molecule is CCCCC(CC)CCC(NCC)C1CC1. The Kier molecular flexibility index (Phi) is 7.11. The van der Waals surface area contributed by atoms with Crippen LogP contribution in [-0.4, -0.2) is 12.6 Å². The lowest BCUT2D eigenvalue weighted by atomic mass is 9.91. The summed E-state index contributed by atoms with van der Waals surface area (Å²) < 4.78 is 0. The van der Waals surface area contributed by atoms with E-state index in [9.17, 15) is 0 Å². The van der Waals surface area contributed by atoms with Gasteiger partial charge < -0.3 is 5.32 Å². The summed E-state index contributed by atoms with van der Waals surface area (Å²) in [6.07, 6.45) is 11.4. The second-order valence-corrected chi connectivity index (χ2v) is 5.50. The first-order valence-corrected chi connectivity index (χ1v) is 7.55. The fourth-order valence-corrected chi connectivity index (χ4v) is 2.73. The second kappa shape index (κ2) is 8.11. The molecular formula is C15H31N. The van der Waals surface area contributed by atoms with Crippen LogP contribution in [0.1, 0.15) is 72.1 Å². The van der Waals surface area contributed by atoms with Crippen molar-refractivity contribution in [3.05, 3.63) is 0 Å². The highest BCUT2D eigenvalue weighted by Gasteiger charge is 2.30. The number of hydrogen-bond acceptors (Lipinski definition) is 1. The van der Waals surface area contributed by atoms with Gasteiger partial charge in [0.25, 0.3) is 0 Å². The summed E-state index contributed by atoms with van der Waals surface area (Å²) in [4.78, 5) is 0.